The van der Waals surface area contributed by atoms with Crippen molar-refractivity contribution in [1.29, 1.82) is 0 Å². The third-order valence-corrected chi connectivity index (χ3v) is 4.19. The Morgan fingerprint density at radius 3 is 2.95 bits per heavy atom. The summed E-state index contributed by atoms with van der Waals surface area (Å²) < 4.78 is 21.7. The quantitative estimate of drug-likeness (QED) is 0.891. The number of aryl methyl sites for hydroxylation is 2. The molecule has 0 saturated heterocycles. The molecule has 0 bridgehead atoms. The second kappa shape index (κ2) is 5.77. The highest BCUT2D eigenvalue weighted by Gasteiger charge is 2.23. The molecule has 1 heterocycles. The van der Waals surface area contributed by atoms with E-state index in [1.54, 1.807) is 10.7 Å². The maximum absolute atomic E-state index is 13.4. The predicted molar refractivity (Wildman–Crippen MR) is 82.0 cm³/mol. The van der Waals surface area contributed by atoms with E-state index in [-0.39, 0.29) is 5.82 Å². The summed E-state index contributed by atoms with van der Waals surface area (Å²) in [5, 5.41) is 7.86. The zero-order chi connectivity index (χ0) is 15.0. The van der Waals surface area contributed by atoms with Crippen molar-refractivity contribution >= 4 is 15.9 Å². The van der Waals surface area contributed by atoms with Gasteiger partial charge in [-0.2, -0.15) is 5.10 Å². The highest BCUT2D eigenvalue weighted by atomic mass is 79.9. The topological polar surface area (TPSA) is 39.1 Å². The maximum Gasteiger partial charge on any atom is 0.222 e. The van der Waals surface area contributed by atoms with Crippen LogP contribution >= 0.6 is 15.9 Å². The zero-order valence-electron chi connectivity index (χ0n) is 12.0. The summed E-state index contributed by atoms with van der Waals surface area (Å²) >= 11 is 3.38. The minimum Gasteiger partial charge on any atom is -0.438 e. The molecule has 0 amide bonds. The van der Waals surface area contributed by atoms with Crippen LogP contribution in [-0.4, -0.2) is 15.8 Å². The van der Waals surface area contributed by atoms with Crippen molar-refractivity contribution in [1.82, 2.24) is 15.1 Å². The van der Waals surface area contributed by atoms with E-state index in [9.17, 15) is 4.39 Å². The van der Waals surface area contributed by atoms with Crippen LogP contribution in [0.3, 0.4) is 0 Å². The number of hydrogen-bond donors (Lipinski definition) is 1. The summed E-state index contributed by atoms with van der Waals surface area (Å²) in [4.78, 5) is 0. The van der Waals surface area contributed by atoms with Gasteiger partial charge in [-0.25, -0.2) is 9.07 Å². The fraction of sp³-hybridized carbons (Fsp3) is 0.400. The normalized spacial score (nSPS) is 14.5. The van der Waals surface area contributed by atoms with Crippen molar-refractivity contribution in [2.75, 3.05) is 0 Å². The Kier molecular flexibility index (Phi) is 3.99. The molecule has 3 rings (SSSR count). The molecular weight excluding hydrogens is 337 g/mol. The minimum atomic E-state index is -0.329. The molecule has 1 aliphatic carbocycles. The van der Waals surface area contributed by atoms with Crippen LogP contribution in [0.25, 0.3) is 0 Å². The Morgan fingerprint density at radius 1 is 1.48 bits per heavy atom. The summed E-state index contributed by atoms with van der Waals surface area (Å²) in [7, 11) is 1.83. The fourth-order valence-electron chi connectivity index (χ4n) is 2.21. The standard InChI is InChI=1S/C15H17BrFN3O/c1-9-12(8-18-11-4-5-11)15(20(2)19-9)21-14-7-10(17)3-6-13(14)16/h3,6-7,11,18H,4-5,8H2,1-2H3. The number of nitrogens with zero attached hydrogens (tertiary/aromatic N) is 2. The van der Waals surface area contributed by atoms with Crippen molar-refractivity contribution < 1.29 is 9.13 Å². The molecule has 0 unspecified atom stereocenters. The van der Waals surface area contributed by atoms with Gasteiger partial charge in [0.2, 0.25) is 5.88 Å². The van der Waals surface area contributed by atoms with Crippen molar-refractivity contribution in [2.45, 2.75) is 32.4 Å². The third kappa shape index (κ3) is 3.27. The lowest BCUT2D eigenvalue weighted by Crippen LogP contribution is -2.16. The number of hydrogen-bond acceptors (Lipinski definition) is 3. The van der Waals surface area contributed by atoms with Crippen LogP contribution in [0.2, 0.25) is 0 Å². The SMILES string of the molecule is Cc1nn(C)c(Oc2cc(F)ccc2Br)c1CNC1CC1. The number of halogens is 2. The molecule has 1 N–H and O–H groups in total. The van der Waals surface area contributed by atoms with Crippen molar-refractivity contribution in [3.05, 3.63) is 39.7 Å². The molecule has 1 aromatic heterocycles. The number of aromatic nitrogens is 2. The van der Waals surface area contributed by atoms with Gasteiger partial charge in [0, 0.05) is 25.7 Å². The monoisotopic (exact) mass is 353 g/mol. The summed E-state index contributed by atoms with van der Waals surface area (Å²) in [6.07, 6.45) is 2.45. The lowest BCUT2D eigenvalue weighted by atomic mass is 10.2. The Bertz CT molecular complexity index is 667. The van der Waals surface area contributed by atoms with Crippen LogP contribution in [-0.2, 0) is 13.6 Å². The molecule has 1 aliphatic rings. The summed E-state index contributed by atoms with van der Waals surface area (Å²) in [6.45, 7) is 2.67. The van der Waals surface area contributed by atoms with Crippen molar-refractivity contribution in [2.24, 2.45) is 7.05 Å². The van der Waals surface area contributed by atoms with E-state index in [1.165, 1.54) is 25.0 Å². The molecule has 21 heavy (non-hydrogen) atoms. The Morgan fingerprint density at radius 2 is 2.24 bits per heavy atom. The first-order valence-corrected chi connectivity index (χ1v) is 7.72. The first-order valence-electron chi connectivity index (χ1n) is 6.93. The van der Waals surface area contributed by atoms with Crippen LogP contribution in [0.4, 0.5) is 4.39 Å². The molecule has 112 valence electrons. The maximum atomic E-state index is 13.4. The highest BCUT2D eigenvalue weighted by molar-refractivity contribution is 9.10. The van der Waals surface area contributed by atoms with Crippen molar-refractivity contribution in [3.8, 4) is 11.6 Å². The van der Waals surface area contributed by atoms with Gasteiger partial charge in [0.1, 0.15) is 11.6 Å². The van der Waals surface area contributed by atoms with Gasteiger partial charge in [-0.05, 0) is 47.8 Å². The van der Waals surface area contributed by atoms with Crippen LogP contribution in [0.1, 0.15) is 24.1 Å². The molecule has 4 nitrogen and oxygen atoms in total. The molecule has 0 radical (unpaired) electrons. The van der Waals surface area contributed by atoms with Gasteiger partial charge in [-0.3, -0.25) is 0 Å². The van der Waals surface area contributed by atoms with Gasteiger partial charge in [-0.1, -0.05) is 0 Å². The molecule has 1 saturated carbocycles. The Hall–Kier alpha value is -1.40. The molecule has 0 atom stereocenters. The average molecular weight is 354 g/mol. The Balaban J connectivity index is 1.87. The molecular formula is C15H17BrFN3O. The predicted octanol–water partition coefficient (Wildman–Crippen LogP) is 3.67. The fourth-order valence-corrected chi connectivity index (χ4v) is 2.53. The number of benzene rings is 1. The number of ether oxygens (including phenoxy) is 1. The van der Waals surface area contributed by atoms with E-state index in [0.29, 0.717) is 28.7 Å². The smallest absolute Gasteiger partial charge is 0.222 e. The van der Waals surface area contributed by atoms with Gasteiger partial charge in [0.25, 0.3) is 0 Å². The third-order valence-electron chi connectivity index (χ3n) is 3.53. The van der Waals surface area contributed by atoms with E-state index in [2.05, 4.69) is 26.3 Å². The largest absolute Gasteiger partial charge is 0.438 e. The Labute approximate surface area is 131 Å². The average Bonchev–Trinajstić information content (AvgIpc) is 3.21. The van der Waals surface area contributed by atoms with Crippen LogP contribution in [0, 0.1) is 12.7 Å². The van der Waals surface area contributed by atoms with E-state index < -0.39 is 0 Å². The van der Waals surface area contributed by atoms with Crippen LogP contribution < -0.4 is 10.1 Å². The van der Waals surface area contributed by atoms with E-state index in [0.717, 1.165) is 11.3 Å². The summed E-state index contributed by atoms with van der Waals surface area (Å²) in [5.74, 6) is 0.766. The van der Waals surface area contributed by atoms with Crippen molar-refractivity contribution in [3.63, 3.8) is 0 Å². The van der Waals surface area contributed by atoms with E-state index in [1.807, 2.05) is 14.0 Å². The van der Waals surface area contributed by atoms with E-state index >= 15 is 0 Å². The molecule has 1 fully saturated rings. The molecule has 6 heteroatoms. The summed E-state index contributed by atoms with van der Waals surface area (Å²) in [5.41, 5.74) is 1.94. The first-order chi connectivity index (χ1) is 10.0. The molecule has 0 aliphatic heterocycles. The van der Waals surface area contributed by atoms with Gasteiger partial charge < -0.3 is 10.1 Å². The molecule has 1 aromatic carbocycles. The highest BCUT2D eigenvalue weighted by Crippen LogP contribution is 2.33. The van der Waals surface area contributed by atoms with Gasteiger partial charge in [0.15, 0.2) is 0 Å². The lowest BCUT2D eigenvalue weighted by Gasteiger charge is -2.11. The van der Waals surface area contributed by atoms with E-state index in [4.69, 9.17) is 4.74 Å². The van der Waals surface area contributed by atoms with Gasteiger partial charge in [0.05, 0.1) is 15.7 Å². The van der Waals surface area contributed by atoms with Crippen LogP contribution in [0.5, 0.6) is 11.6 Å². The summed E-state index contributed by atoms with van der Waals surface area (Å²) in [6, 6.07) is 5.00. The van der Waals surface area contributed by atoms with Gasteiger partial charge in [-0.15, -0.1) is 0 Å². The number of rotatable bonds is 5. The second-order valence-corrected chi connectivity index (χ2v) is 6.18. The number of nitrogens with one attached hydrogen (secondary N) is 1. The first kappa shape index (κ1) is 14.5. The van der Waals surface area contributed by atoms with Gasteiger partial charge >= 0.3 is 0 Å². The van der Waals surface area contributed by atoms with Crippen LogP contribution in [0.15, 0.2) is 22.7 Å². The second-order valence-electron chi connectivity index (χ2n) is 5.32. The minimum absolute atomic E-state index is 0.329. The lowest BCUT2D eigenvalue weighted by molar-refractivity contribution is 0.418. The zero-order valence-corrected chi connectivity index (χ0v) is 13.6. The molecule has 2 aromatic rings. The molecule has 0 spiro atoms.